The van der Waals surface area contributed by atoms with Crippen LogP contribution in [-0.4, -0.2) is 41.8 Å². The first kappa shape index (κ1) is 22.1. The highest BCUT2D eigenvalue weighted by atomic mass is 16.5. The fourth-order valence-corrected chi connectivity index (χ4v) is 8.34. The van der Waals surface area contributed by atoms with Gasteiger partial charge in [-0.05, 0) is 92.8 Å². The Hall–Kier alpha value is -1.11. The van der Waals surface area contributed by atoms with E-state index in [1.54, 1.807) is 13.3 Å². The summed E-state index contributed by atoms with van der Waals surface area (Å²) in [4.78, 5) is 13.1. The zero-order chi connectivity index (χ0) is 21.5. The van der Waals surface area contributed by atoms with E-state index in [1.807, 2.05) is 0 Å². The second-order valence-corrected chi connectivity index (χ2v) is 11.0. The van der Waals surface area contributed by atoms with Crippen LogP contribution in [0.25, 0.3) is 0 Å². The Morgan fingerprint density at radius 3 is 2.63 bits per heavy atom. The van der Waals surface area contributed by atoms with Crippen molar-refractivity contribution >= 4 is 5.78 Å². The van der Waals surface area contributed by atoms with E-state index in [2.05, 4.69) is 6.92 Å². The van der Waals surface area contributed by atoms with E-state index in [0.717, 1.165) is 49.9 Å². The van der Waals surface area contributed by atoms with Gasteiger partial charge in [0, 0.05) is 25.4 Å². The summed E-state index contributed by atoms with van der Waals surface area (Å²) in [6.45, 7) is 3.09. The summed E-state index contributed by atoms with van der Waals surface area (Å²) in [5.74, 6) is 9.85. The Balaban J connectivity index is 1.45. The molecule has 0 aromatic heterocycles. The van der Waals surface area contributed by atoms with E-state index in [0.29, 0.717) is 18.4 Å². The van der Waals surface area contributed by atoms with Crippen molar-refractivity contribution in [1.82, 2.24) is 5.01 Å². The number of carbonyl (C=O) groups is 1. The van der Waals surface area contributed by atoms with E-state index in [-0.39, 0.29) is 23.7 Å². The predicted molar refractivity (Wildman–Crippen MR) is 117 cm³/mol. The maximum atomic E-state index is 13.1. The lowest BCUT2D eigenvalue weighted by Crippen LogP contribution is -2.52. The van der Waals surface area contributed by atoms with Crippen LogP contribution in [0.1, 0.15) is 64.7 Å². The molecule has 0 radical (unpaired) electrons. The number of hydrogen-bond donors (Lipinski definition) is 3. The molecule has 0 spiro atoms. The van der Waals surface area contributed by atoms with Gasteiger partial charge < -0.3 is 20.6 Å². The molecule has 8 atom stereocenters. The molecule has 4 rings (SSSR count). The molecule has 4 aliphatic carbocycles. The van der Waals surface area contributed by atoms with Crippen molar-refractivity contribution in [3.63, 3.8) is 0 Å². The van der Waals surface area contributed by atoms with Crippen LogP contribution in [0.2, 0.25) is 0 Å². The minimum Gasteiger partial charge on any atom is -0.403 e. The third-order valence-corrected chi connectivity index (χ3v) is 9.52. The molecule has 0 aromatic rings. The van der Waals surface area contributed by atoms with Crippen LogP contribution < -0.4 is 11.6 Å². The van der Waals surface area contributed by atoms with E-state index in [4.69, 9.17) is 16.3 Å². The van der Waals surface area contributed by atoms with Crippen molar-refractivity contribution in [1.29, 1.82) is 0 Å². The molecule has 170 valence electrons. The number of carbonyl (C=O) groups excluding carboxylic acids is 1. The molecule has 4 fully saturated rings. The first-order valence-corrected chi connectivity index (χ1v) is 11.9. The van der Waals surface area contributed by atoms with Crippen LogP contribution in [0.4, 0.5) is 0 Å². The van der Waals surface area contributed by atoms with Gasteiger partial charge in [-0.15, -0.1) is 0 Å². The molecular formula is C24H41N3O3. The smallest absolute Gasteiger partial charge is 0.157 e. The van der Waals surface area contributed by atoms with Gasteiger partial charge in [-0.3, -0.25) is 4.79 Å². The van der Waals surface area contributed by atoms with Gasteiger partial charge in [0.05, 0.1) is 18.8 Å². The second kappa shape index (κ2) is 8.44. The first-order chi connectivity index (χ1) is 14.3. The highest BCUT2D eigenvalue weighted by molar-refractivity contribution is 5.84. The summed E-state index contributed by atoms with van der Waals surface area (Å²) in [5, 5.41) is 12.3. The summed E-state index contributed by atoms with van der Waals surface area (Å²) in [6.07, 6.45) is 12.9. The third kappa shape index (κ3) is 3.80. The maximum absolute atomic E-state index is 13.1. The largest absolute Gasteiger partial charge is 0.403 e. The average molecular weight is 420 g/mol. The van der Waals surface area contributed by atoms with Gasteiger partial charge in [-0.1, -0.05) is 6.92 Å². The molecule has 30 heavy (non-hydrogen) atoms. The molecule has 4 aliphatic rings. The van der Waals surface area contributed by atoms with E-state index in [9.17, 15) is 9.90 Å². The highest BCUT2D eigenvalue weighted by Gasteiger charge is 2.59. The standard InChI is InChI=1S/C24H41N3O3/c1-23-9-7-18-17-8-10-24(29,15-30-2)13-16(17)3-4-19(18)20(23)5-6-21(23)22(28)14-27(26)12-11-25/h11-12,16-21,29H,3-10,13-15,25-26H2,1-2H3/b12-11-/t16-,17-,18?,19?,20?,21+,23-,24+/m0/s1. The second-order valence-electron chi connectivity index (χ2n) is 11.0. The number of hydrazine groups is 1. The predicted octanol–water partition coefficient (Wildman–Crippen LogP) is 2.81. The zero-order valence-corrected chi connectivity index (χ0v) is 18.8. The summed E-state index contributed by atoms with van der Waals surface area (Å²) in [6, 6.07) is 0. The normalized spacial score (nSPS) is 45.6. The number of nitrogens with two attached hydrogens (primary N) is 2. The van der Waals surface area contributed by atoms with Gasteiger partial charge in [0.1, 0.15) is 0 Å². The summed E-state index contributed by atoms with van der Waals surface area (Å²) >= 11 is 0. The van der Waals surface area contributed by atoms with Crippen LogP contribution in [0.3, 0.4) is 0 Å². The number of nitrogens with zero attached hydrogens (tertiary/aromatic N) is 1. The molecule has 6 heteroatoms. The Bertz CT molecular complexity index is 670. The molecule has 4 saturated carbocycles. The number of ether oxygens (including phenoxy) is 1. The Labute approximate surface area is 181 Å². The van der Waals surface area contributed by atoms with Crippen molar-refractivity contribution in [2.75, 3.05) is 20.3 Å². The van der Waals surface area contributed by atoms with Crippen LogP contribution >= 0.6 is 0 Å². The number of rotatable bonds is 6. The summed E-state index contributed by atoms with van der Waals surface area (Å²) in [7, 11) is 1.69. The third-order valence-electron chi connectivity index (χ3n) is 9.52. The van der Waals surface area contributed by atoms with Crippen molar-refractivity contribution in [2.45, 2.75) is 70.3 Å². The van der Waals surface area contributed by atoms with Gasteiger partial charge >= 0.3 is 0 Å². The van der Waals surface area contributed by atoms with Crippen LogP contribution in [0.15, 0.2) is 12.4 Å². The Morgan fingerprint density at radius 1 is 1.13 bits per heavy atom. The minimum atomic E-state index is -0.622. The maximum Gasteiger partial charge on any atom is 0.157 e. The monoisotopic (exact) mass is 419 g/mol. The molecule has 0 saturated heterocycles. The van der Waals surface area contributed by atoms with Crippen LogP contribution in [0, 0.1) is 40.9 Å². The quantitative estimate of drug-likeness (QED) is 0.452. The topological polar surface area (TPSA) is 102 Å². The summed E-state index contributed by atoms with van der Waals surface area (Å²) < 4.78 is 5.31. The fraction of sp³-hybridized carbons (Fsp3) is 0.875. The number of methoxy groups -OCH3 is 1. The molecule has 0 bridgehead atoms. The lowest BCUT2D eigenvalue weighted by molar-refractivity contribution is -0.136. The number of hydrogen-bond acceptors (Lipinski definition) is 6. The first-order valence-electron chi connectivity index (χ1n) is 11.9. The Kier molecular flexibility index (Phi) is 6.21. The number of aliphatic hydroxyl groups is 1. The molecule has 6 nitrogen and oxygen atoms in total. The van der Waals surface area contributed by atoms with Gasteiger partial charge in [0.25, 0.3) is 0 Å². The van der Waals surface area contributed by atoms with E-state index < -0.39 is 5.60 Å². The lowest BCUT2D eigenvalue weighted by atomic mass is 9.49. The van der Waals surface area contributed by atoms with E-state index >= 15 is 0 Å². The van der Waals surface area contributed by atoms with Gasteiger partial charge in [-0.2, -0.15) is 0 Å². The fourth-order valence-electron chi connectivity index (χ4n) is 8.34. The molecule has 0 amide bonds. The number of ketones is 1. The Morgan fingerprint density at radius 2 is 1.90 bits per heavy atom. The SMILES string of the molecule is COC[C@@]1(O)CC[C@@H]2C3CC[C@@]4(C)C(CC[C@@H]4C(=O)CN(N)/C=C\N)C3CC[C@H]2C1. The van der Waals surface area contributed by atoms with E-state index in [1.165, 1.54) is 36.9 Å². The molecule has 0 aromatic carbocycles. The van der Waals surface area contributed by atoms with Crippen molar-refractivity contribution < 1.29 is 14.6 Å². The highest BCUT2D eigenvalue weighted by Crippen LogP contribution is 2.64. The van der Waals surface area contributed by atoms with Crippen LogP contribution in [0.5, 0.6) is 0 Å². The van der Waals surface area contributed by atoms with Gasteiger partial charge in [0.2, 0.25) is 0 Å². The molecule has 5 N–H and O–H groups in total. The minimum absolute atomic E-state index is 0.115. The van der Waals surface area contributed by atoms with Gasteiger partial charge in [-0.25, -0.2) is 5.84 Å². The molecule has 0 heterocycles. The molecule has 3 unspecified atom stereocenters. The van der Waals surface area contributed by atoms with Crippen molar-refractivity contribution in [3.8, 4) is 0 Å². The average Bonchev–Trinajstić information content (AvgIpc) is 3.05. The number of Topliss-reactive ketones (excluding diaryl/α,β-unsaturated/α-hetero) is 1. The van der Waals surface area contributed by atoms with Crippen molar-refractivity contribution in [2.24, 2.45) is 52.5 Å². The summed E-state index contributed by atoms with van der Waals surface area (Å²) in [5.41, 5.74) is 4.91. The zero-order valence-electron chi connectivity index (χ0n) is 18.8. The van der Waals surface area contributed by atoms with Crippen molar-refractivity contribution in [3.05, 3.63) is 12.4 Å². The molecular weight excluding hydrogens is 378 g/mol. The van der Waals surface area contributed by atoms with Crippen LogP contribution in [-0.2, 0) is 9.53 Å². The molecule has 0 aliphatic heterocycles. The van der Waals surface area contributed by atoms with Gasteiger partial charge in [0.15, 0.2) is 5.78 Å². The number of fused-ring (bicyclic) bond motifs is 5. The lowest BCUT2D eigenvalue weighted by Gasteiger charge is -2.57.